The molecule has 1 saturated carbocycles. The molecule has 4 rings (SSSR count). The van der Waals surface area contributed by atoms with Crippen molar-refractivity contribution in [3.8, 4) is 0 Å². The van der Waals surface area contributed by atoms with Crippen LogP contribution in [-0.4, -0.2) is 67.5 Å². The molecule has 1 fully saturated rings. The van der Waals surface area contributed by atoms with E-state index in [9.17, 15) is 24.3 Å². The predicted octanol–water partition coefficient (Wildman–Crippen LogP) is 4.43. The van der Waals surface area contributed by atoms with E-state index in [0.717, 1.165) is 18.7 Å². The number of carbonyl (C=O) groups is 4. The van der Waals surface area contributed by atoms with Crippen LogP contribution in [0, 0.1) is 11.8 Å². The summed E-state index contributed by atoms with van der Waals surface area (Å²) >= 11 is 0. The molecule has 0 unspecified atom stereocenters. The Morgan fingerprint density at radius 3 is 2.39 bits per heavy atom. The van der Waals surface area contributed by atoms with Crippen molar-refractivity contribution in [1.82, 2.24) is 19.4 Å². The molecule has 44 heavy (non-hydrogen) atoms. The minimum atomic E-state index is -1.06. The van der Waals surface area contributed by atoms with Crippen molar-refractivity contribution in [2.45, 2.75) is 84.8 Å². The number of imide groups is 1. The van der Waals surface area contributed by atoms with Gasteiger partial charge in [0.15, 0.2) is 5.82 Å². The Morgan fingerprint density at radius 2 is 1.82 bits per heavy atom. The quantitative estimate of drug-likeness (QED) is 0.205. The third-order valence-electron chi connectivity index (χ3n) is 8.20. The van der Waals surface area contributed by atoms with Crippen LogP contribution in [0.25, 0.3) is 23.2 Å². The van der Waals surface area contributed by atoms with E-state index in [1.807, 2.05) is 4.57 Å². The normalized spacial score (nSPS) is 19.1. The van der Waals surface area contributed by atoms with Crippen LogP contribution in [0.1, 0.15) is 83.3 Å². The molecule has 1 aliphatic carbocycles. The molecular formula is C33H43N5O6. The van der Waals surface area contributed by atoms with E-state index in [2.05, 4.69) is 18.8 Å². The monoisotopic (exact) mass is 605 g/mol. The standard InChI is InChI=1S/C33H43N5O6/c1-7-9-10-25-35-28-29(38(25)19-33(4,5)43)23(8-2)24(17-20(3)32(42)44-6)34-30(28)36-31(41)22-13-11-21(12-14-22)18-37-26(39)15-16-27(37)40/h8,15-17,21-22,43H,2,7,9-14,18-19H2,1,3-6H3,(H,34,36,41)/b20-17+. The van der Waals surface area contributed by atoms with Gasteiger partial charge in [-0.3, -0.25) is 19.3 Å². The zero-order chi connectivity index (χ0) is 32.2. The number of methoxy groups -OCH3 is 1. The van der Waals surface area contributed by atoms with Gasteiger partial charge < -0.3 is 19.7 Å². The highest BCUT2D eigenvalue weighted by Gasteiger charge is 2.32. The number of fused-ring (bicyclic) bond motifs is 1. The number of hydrogen-bond acceptors (Lipinski definition) is 8. The Bertz CT molecular complexity index is 1500. The van der Waals surface area contributed by atoms with Crippen molar-refractivity contribution in [1.29, 1.82) is 0 Å². The van der Waals surface area contributed by atoms with E-state index in [-0.39, 0.29) is 41.9 Å². The fraction of sp³-hybridized carbons (Fsp3) is 0.515. The van der Waals surface area contributed by atoms with Gasteiger partial charge in [-0.25, -0.2) is 14.8 Å². The average molecular weight is 606 g/mol. The molecule has 0 radical (unpaired) electrons. The van der Waals surface area contributed by atoms with Gasteiger partial charge in [0.25, 0.3) is 11.8 Å². The average Bonchev–Trinajstić information content (AvgIpc) is 3.49. The largest absolute Gasteiger partial charge is 0.466 e. The smallest absolute Gasteiger partial charge is 0.333 e. The van der Waals surface area contributed by atoms with Crippen molar-refractivity contribution in [3.05, 3.63) is 41.4 Å². The highest BCUT2D eigenvalue weighted by atomic mass is 16.5. The third-order valence-corrected chi connectivity index (χ3v) is 8.20. The molecule has 0 bridgehead atoms. The summed E-state index contributed by atoms with van der Waals surface area (Å²) in [5, 5.41) is 13.9. The number of nitrogens with zero attached hydrogens (tertiary/aromatic N) is 4. The van der Waals surface area contributed by atoms with Gasteiger partial charge in [-0.1, -0.05) is 26.0 Å². The number of anilines is 1. The zero-order valence-corrected chi connectivity index (χ0v) is 26.3. The molecule has 236 valence electrons. The number of aliphatic hydroxyl groups is 1. The number of unbranched alkanes of at least 4 members (excludes halogenated alkanes) is 1. The van der Waals surface area contributed by atoms with Gasteiger partial charge in [0.05, 0.1) is 30.5 Å². The summed E-state index contributed by atoms with van der Waals surface area (Å²) in [6.45, 7) is 11.8. The van der Waals surface area contributed by atoms with Crippen LogP contribution in [0.3, 0.4) is 0 Å². The maximum absolute atomic E-state index is 13.6. The Morgan fingerprint density at radius 1 is 1.16 bits per heavy atom. The van der Waals surface area contributed by atoms with Gasteiger partial charge >= 0.3 is 5.97 Å². The molecule has 3 amide bonds. The van der Waals surface area contributed by atoms with Gasteiger partial charge in [0.1, 0.15) is 11.3 Å². The first-order chi connectivity index (χ1) is 20.9. The second kappa shape index (κ2) is 13.7. The molecule has 0 spiro atoms. The molecule has 2 aromatic heterocycles. The van der Waals surface area contributed by atoms with Gasteiger partial charge in [-0.15, -0.1) is 0 Å². The number of aromatic nitrogens is 3. The molecule has 0 saturated heterocycles. The van der Waals surface area contributed by atoms with E-state index < -0.39 is 11.6 Å². The van der Waals surface area contributed by atoms with Crippen LogP contribution in [0.5, 0.6) is 0 Å². The number of esters is 1. The van der Waals surface area contributed by atoms with Gasteiger partial charge in [-0.2, -0.15) is 0 Å². The number of amides is 3. The van der Waals surface area contributed by atoms with Crippen LogP contribution < -0.4 is 5.32 Å². The van der Waals surface area contributed by atoms with Gasteiger partial charge in [-0.05, 0) is 64.9 Å². The number of carbonyl (C=O) groups excluding carboxylic acids is 4. The van der Waals surface area contributed by atoms with E-state index in [1.54, 1.807) is 32.9 Å². The molecule has 2 N–H and O–H groups in total. The number of imidazole rings is 1. The number of rotatable bonds is 12. The first-order valence-electron chi connectivity index (χ1n) is 15.3. The lowest BCUT2D eigenvalue weighted by atomic mass is 9.81. The van der Waals surface area contributed by atoms with Crippen LogP contribution in [-0.2, 0) is 36.9 Å². The second-order valence-corrected chi connectivity index (χ2v) is 12.3. The summed E-state index contributed by atoms with van der Waals surface area (Å²) in [5.41, 5.74) is 1.46. The van der Waals surface area contributed by atoms with E-state index in [1.165, 1.54) is 24.2 Å². The fourth-order valence-corrected chi connectivity index (χ4v) is 5.89. The minimum Gasteiger partial charge on any atom is -0.466 e. The van der Waals surface area contributed by atoms with Crippen LogP contribution in [0.2, 0.25) is 0 Å². The lowest BCUT2D eigenvalue weighted by molar-refractivity contribution is -0.138. The second-order valence-electron chi connectivity index (χ2n) is 12.3. The topological polar surface area (TPSA) is 144 Å². The molecule has 1 aliphatic heterocycles. The van der Waals surface area contributed by atoms with Crippen molar-refractivity contribution in [2.24, 2.45) is 11.8 Å². The number of pyridine rings is 1. The molecule has 3 heterocycles. The summed E-state index contributed by atoms with van der Waals surface area (Å²) < 4.78 is 6.86. The Balaban J connectivity index is 1.70. The number of nitrogens with one attached hydrogen (secondary N) is 1. The molecule has 11 nitrogen and oxygen atoms in total. The maximum Gasteiger partial charge on any atom is 0.333 e. The number of aryl methyl sites for hydroxylation is 1. The first kappa shape index (κ1) is 32.8. The lowest BCUT2D eigenvalue weighted by Crippen LogP contribution is -2.37. The summed E-state index contributed by atoms with van der Waals surface area (Å²) in [5.74, 6) is -0.384. The van der Waals surface area contributed by atoms with Crippen LogP contribution >= 0.6 is 0 Å². The van der Waals surface area contributed by atoms with Gasteiger partial charge in [0, 0.05) is 42.2 Å². The lowest BCUT2D eigenvalue weighted by Gasteiger charge is -2.30. The molecule has 0 aromatic carbocycles. The Labute approximate surface area is 258 Å². The summed E-state index contributed by atoms with van der Waals surface area (Å²) in [6.07, 6.45) is 11.0. The Hall–Kier alpha value is -4.12. The van der Waals surface area contributed by atoms with Crippen molar-refractivity contribution < 1.29 is 29.0 Å². The summed E-state index contributed by atoms with van der Waals surface area (Å²) in [6, 6.07) is 0. The Kier molecular flexibility index (Phi) is 10.2. The van der Waals surface area contributed by atoms with E-state index >= 15 is 0 Å². The van der Waals surface area contributed by atoms with Crippen molar-refractivity contribution >= 4 is 52.7 Å². The highest BCUT2D eigenvalue weighted by Crippen LogP contribution is 2.34. The predicted molar refractivity (Wildman–Crippen MR) is 168 cm³/mol. The molecule has 0 atom stereocenters. The number of ether oxygens (including phenoxy) is 1. The van der Waals surface area contributed by atoms with Crippen LogP contribution in [0.4, 0.5) is 5.82 Å². The third kappa shape index (κ3) is 7.32. The highest BCUT2D eigenvalue weighted by molar-refractivity contribution is 6.12. The summed E-state index contributed by atoms with van der Waals surface area (Å²) in [7, 11) is 1.31. The minimum absolute atomic E-state index is 0.139. The zero-order valence-electron chi connectivity index (χ0n) is 26.3. The van der Waals surface area contributed by atoms with Crippen molar-refractivity contribution in [3.63, 3.8) is 0 Å². The molecular weight excluding hydrogens is 562 g/mol. The van der Waals surface area contributed by atoms with Crippen molar-refractivity contribution in [2.75, 3.05) is 19.0 Å². The molecule has 2 aromatic rings. The van der Waals surface area contributed by atoms with Crippen LogP contribution in [0.15, 0.2) is 24.3 Å². The fourth-order valence-electron chi connectivity index (χ4n) is 5.89. The first-order valence-corrected chi connectivity index (χ1v) is 15.3. The maximum atomic E-state index is 13.6. The van der Waals surface area contributed by atoms with Gasteiger partial charge in [0.2, 0.25) is 5.91 Å². The summed E-state index contributed by atoms with van der Waals surface area (Å²) in [4.78, 5) is 60.9. The SMILES string of the molecule is C=Cc1c(/C=C(\C)C(=O)OC)nc(NC(=O)C2CCC(CN3C(=O)C=CC3=O)CC2)c2nc(CCCC)n(CC(C)(C)O)c12. The molecule has 11 heteroatoms. The molecule has 2 aliphatic rings. The van der Waals surface area contributed by atoms with E-state index in [0.29, 0.717) is 66.5 Å². The number of hydrogen-bond donors (Lipinski definition) is 2. The van der Waals surface area contributed by atoms with E-state index in [4.69, 9.17) is 14.7 Å².